The van der Waals surface area contributed by atoms with E-state index >= 15 is 0 Å². The number of imide groups is 1. The van der Waals surface area contributed by atoms with Crippen LogP contribution in [0.2, 0.25) is 5.02 Å². The van der Waals surface area contributed by atoms with Gasteiger partial charge in [-0.1, -0.05) is 17.7 Å². The fourth-order valence-electron chi connectivity index (χ4n) is 1.69. The molecule has 1 saturated heterocycles. The number of nitrogen functional groups attached to an aromatic ring is 1. The first kappa shape index (κ1) is 13.2. The Kier molecular flexibility index (Phi) is 3.58. The van der Waals surface area contributed by atoms with Crippen LogP contribution in [0.25, 0.3) is 0 Å². The zero-order chi connectivity index (χ0) is 14.0. The van der Waals surface area contributed by atoms with Crippen LogP contribution in [-0.4, -0.2) is 23.8 Å². The second kappa shape index (κ2) is 5.16. The lowest BCUT2D eigenvalue weighted by atomic mass is 10.1. The minimum Gasteiger partial charge on any atom is -0.396 e. The molecule has 6 nitrogen and oxygen atoms in total. The molecule has 1 aliphatic rings. The van der Waals surface area contributed by atoms with E-state index < -0.39 is 17.9 Å². The Morgan fingerprint density at radius 3 is 2.95 bits per heavy atom. The number of hydrogen-bond acceptors (Lipinski definition) is 4. The summed E-state index contributed by atoms with van der Waals surface area (Å²) in [6.07, 6.45) is 0.439. The van der Waals surface area contributed by atoms with E-state index in [1.807, 2.05) is 0 Å². The van der Waals surface area contributed by atoms with Gasteiger partial charge in [0.2, 0.25) is 11.8 Å². The average molecular weight is 280 g/mol. The van der Waals surface area contributed by atoms with Gasteiger partial charge in [0.1, 0.15) is 11.1 Å². The van der Waals surface area contributed by atoms with Gasteiger partial charge in [-0.15, -0.1) is 0 Å². The van der Waals surface area contributed by atoms with Crippen molar-refractivity contribution in [2.75, 3.05) is 5.73 Å². The third-order valence-corrected chi connectivity index (χ3v) is 3.01. The fraction of sp³-hybridized carbons (Fsp3) is 0.250. The molecule has 19 heavy (non-hydrogen) atoms. The summed E-state index contributed by atoms with van der Waals surface area (Å²) in [6, 6.07) is 5.66. The van der Waals surface area contributed by atoms with Gasteiger partial charge >= 0.3 is 0 Å². The van der Waals surface area contributed by atoms with Crippen LogP contribution in [0.15, 0.2) is 6.07 Å². The zero-order valence-electron chi connectivity index (χ0n) is 9.75. The molecule has 98 valence electrons. The zero-order valence-corrected chi connectivity index (χ0v) is 10.5. The molecule has 1 fully saturated rings. The highest BCUT2D eigenvalue weighted by Crippen LogP contribution is 2.19. The molecule has 0 radical (unpaired) electrons. The van der Waals surface area contributed by atoms with Crippen LogP contribution >= 0.6 is 11.6 Å². The van der Waals surface area contributed by atoms with Crippen LogP contribution in [0.5, 0.6) is 0 Å². The summed E-state index contributed by atoms with van der Waals surface area (Å²) in [4.78, 5) is 34.5. The molecule has 3 amide bonds. The number of rotatable bonds is 2. The lowest BCUT2D eigenvalue weighted by Gasteiger charge is -2.21. The molecule has 4 N–H and O–H groups in total. The predicted octanol–water partition coefficient (Wildman–Crippen LogP) is 0.0576. The van der Waals surface area contributed by atoms with E-state index in [1.54, 1.807) is 0 Å². The number of anilines is 1. The van der Waals surface area contributed by atoms with Gasteiger partial charge in [-0.25, -0.2) is 0 Å². The van der Waals surface area contributed by atoms with Gasteiger partial charge < -0.3 is 11.1 Å². The van der Waals surface area contributed by atoms with E-state index in [0.29, 0.717) is 0 Å². The minimum atomic E-state index is -0.757. The first-order valence-corrected chi connectivity index (χ1v) is 5.88. The number of hydrogen-bond donors (Lipinski definition) is 3. The lowest BCUT2D eigenvalue weighted by molar-refractivity contribution is -0.134. The van der Waals surface area contributed by atoms with Crippen molar-refractivity contribution in [3.8, 4) is 0 Å². The predicted molar refractivity (Wildman–Crippen MR) is 67.2 cm³/mol. The quantitative estimate of drug-likeness (QED) is 0.666. The van der Waals surface area contributed by atoms with Gasteiger partial charge in [-0.05, 0) is 12.5 Å². The molecule has 0 spiro atoms. The van der Waals surface area contributed by atoms with Gasteiger partial charge in [0.05, 0.1) is 11.3 Å². The molecule has 0 aliphatic carbocycles. The first-order valence-electron chi connectivity index (χ1n) is 5.51. The standard InChI is InChI=1S/C12H10ClN3O3/c13-7-3-1-2-6(10(7)14)11(18)15-8-4-5-9(17)16-12(8)19/h2,8H,4-5,14H2,(H,15,18)(H,16,17,19). The van der Waals surface area contributed by atoms with Gasteiger partial charge in [0, 0.05) is 12.5 Å². The summed E-state index contributed by atoms with van der Waals surface area (Å²) >= 11 is 5.73. The van der Waals surface area contributed by atoms with Gasteiger partial charge in [0.25, 0.3) is 5.91 Å². The Bertz CT molecular complexity index is 559. The van der Waals surface area contributed by atoms with E-state index in [4.69, 9.17) is 17.3 Å². The average Bonchev–Trinajstić information content (AvgIpc) is 2.36. The maximum Gasteiger partial charge on any atom is 0.254 e. The van der Waals surface area contributed by atoms with E-state index in [9.17, 15) is 14.4 Å². The van der Waals surface area contributed by atoms with Crippen molar-refractivity contribution in [1.29, 1.82) is 0 Å². The lowest BCUT2D eigenvalue weighted by Crippen LogP contribution is -2.52. The van der Waals surface area contributed by atoms with Crippen LogP contribution in [0.1, 0.15) is 23.2 Å². The number of nitrogens with two attached hydrogens (primary N) is 1. The maximum absolute atomic E-state index is 12.0. The summed E-state index contributed by atoms with van der Waals surface area (Å²) < 4.78 is 0. The van der Waals surface area contributed by atoms with Gasteiger partial charge in [-0.2, -0.15) is 0 Å². The number of halogens is 1. The second-order valence-corrected chi connectivity index (χ2v) is 4.41. The summed E-state index contributed by atoms with van der Waals surface area (Å²) in [5.74, 6) is -1.42. The van der Waals surface area contributed by atoms with E-state index in [1.165, 1.54) is 6.07 Å². The largest absolute Gasteiger partial charge is 0.396 e. The van der Waals surface area contributed by atoms with Crippen molar-refractivity contribution in [1.82, 2.24) is 10.6 Å². The Morgan fingerprint density at radius 1 is 1.53 bits per heavy atom. The van der Waals surface area contributed by atoms with Crippen molar-refractivity contribution in [3.63, 3.8) is 0 Å². The van der Waals surface area contributed by atoms with Crippen molar-refractivity contribution >= 4 is 35.0 Å². The topological polar surface area (TPSA) is 101 Å². The summed E-state index contributed by atoms with van der Waals surface area (Å²) in [7, 11) is 0. The molecular weight excluding hydrogens is 270 g/mol. The molecule has 7 heteroatoms. The van der Waals surface area contributed by atoms with Crippen molar-refractivity contribution in [3.05, 3.63) is 28.8 Å². The molecule has 0 saturated carbocycles. The number of carbonyl (C=O) groups is 3. The molecule has 0 bridgehead atoms. The molecule has 1 heterocycles. The van der Waals surface area contributed by atoms with E-state index in [0.717, 1.165) is 0 Å². The number of piperidine rings is 1. The molecule has 1 unspecified atom stereocenters. The normalized spacial score (nSPS) is 18.5. The molecular formula is C12H10ClN3O3. The molecule has 1 aliphatic heterocycles. The number of nitrogens with one attached hydrogen (secondary N) is 2. The van der Waals surface area contributed by atoms with Crippen LogP contribution in [0.4, 0.5) is 5.69 Å². The first-order chi connectivity index (χ1) is 8.99. The third kappa shape index (κ3) is 2.77. The maximum atomic E-state index is 12.0. The van der Waals surface area contributed by atoms with Crippen molar-refractivity contribution < 1.29 is 14.4 Å². The Labute approximate surface area is 114 Å². The van der Waals surface area contributed by atoms with E-state index in [2.05, 4.69) is 22.8 Å². The summed E-state index contributed by atoms with van der Waals surface area (Å²) in [5, 5.41) is 4.74. The highest BCUT2D eigenvalue weighted by Gasteiger charge is 2.28. The summed E-state index contributed by atoms with van der Waals surface area (Å²) in [6.45, 7) is 0. The molecule has 1 aromatic carbocycles. The van der Waals surface area contributed by atoms with Crippen molar-refractivity contribution in [2.45, 2.75) is 18.9 Å². The Balaban J connectivity index is 2.11. The molecule has 1 atom stereocenters. The Morgan fingerprint density at radius 2 is 2.26 bits per heavy atom. The smallest absolute Gasteiger partial charge is 0.254 e. The molecule has 2 rings (SSSR count). The third-order valence-electron chi connectivity index (χ3n) is 2.71. The number of carbonyl (C=O) groups excluding carboxylic acids is 3. The second-order valence-electron chi connectivity index (χ2n) is 4.03. The number of amides is 3. The highest BCUT2D eigenvalue weighted by atomic mass is 35.5. The summed E-state index contributed by atoms with van der Waals surface area (Å²) in [5.41, 5.74) is 5.84. The molecule has 0 aromatic heterocycles. The van der Waals surface area contributed by atoms with Crippen LogP contribution < -0.4 is 16.4 Å². The monoisotopic (exact) mass is 279 g/mol. The SMILES string of the molecule is Nc1c(Cl)c#ccc1C(=O)NC1CCC(=O)NC1=O. The van der Waals surface area contributed by atoms with Crippen LogP contribution in [-0.2, 0) is 9.59 Å². The van der Waals surface area contributed by atoms with E-state index in [-0.39, 0.29) is 35.0 Å². The van der Waals surface area contributed by atoms with Gasteiger partial charge in [-0.3, -0.25) is 19.7 Å². The van der Waals surface area contributed by atoms with Crippen LogP contribution in [0.3, 0.4) is 0 Å². The molecule has 1 aromatic rings. The van der Waals surface area contributed by atoms with Crippen LogP contribution in [0, 0.1) is 12.1 Å². The minimum absolute atomic E-state index is 0.0743. The van der Waals surface area contributed by atoms with Crippen molar-refractivity contribution in [2.24, 2.45) is 0 Å². The van der Waals surface area contributed by atoms with Gasteiger partial charge in [0.15, 0.2) is 0 Å². The Hall–Kier alpha value is -2.26. The highest BCUT2D eigenvalue weighted by molar-refractivity contribution is 6.33. The fourth-order valence-corrected chi connectivity index (χ4v) is 1.85.